The highest BCUT2D eigenvalue weighted by Crippen LogP contribution is 2.59. The first-order valence-electron chi connectivity index (χ1n) is 18.3. The van der Waals surface area contributed by atoms with Crippen LogP contribution in [0.15, 0.2) is 152 Å². The van der Waals surface area contributed by atoms with Gasteiger partial charge in [0, 0.05) is 10.8 Å². The van der Waals surface area contributed by atoms with Crippen LogP contribution >= 0.6 is 0 Å². The quantitative estimate of drug-likeness (QED) is 0.170. The molecule has 0 amide bonds. The molecule has 3 aromatic heterocycles. The molecule has 0 N–H and O–H groups in total. The maximum atomic E-state index is 6.74. The van der Waals surface area contributed by atoms with Crippen LogP contribution in [0.5, 0.6) is 11.5 Å². The predicted molar refractivity (Wildman–Crippen MR) is 207 cm³/mol. The predicted octanol–water partition coefficient (Wildman–Crippen LogP) is 9.91. The van der Waals surface area contributed by atoms with Crippen molar-refractivity contribution in [2.45, 2.75) is 19.5 Å². The molecule has 0 radical (unpaired) electrons. The summed E-state index contributed by atoms with van der Waals surface area (Å²) in [6, 6.07) is 48.4. The molecule has 1 spiro atoms. The molecule has 13 rings (SSSR count). The van der Waals surface area contributed by atoms with E-state index in [0.29, 0.717) is 0 Å². The minimum absolute atomic E-state index is 0.743. The number of aryl methyl sites for hydroxylation is 2. The Morgan fingerprint density at radius 1 is 0.585 bits per heavy atom. The Kier molecular flexibility index (Phi) is 4.87. The fraction of sp³-hybridized carbons (Fsp3) is 0.0638. The van der Waals surface area contributed by atoms with Gasteiger partial charge >= 0.3 is 11.5 Å². The summed E-state index contributed by atoms with van der Waals surface area (Å²) in [5.41, 5.74) is 16.3. The van der Waals surface area contributed by atoms with Gasteiger partial charge in [-0.25, -0.2) is 0 Å². The van der Waals surface area contributed by atoms with E-state index in [1.165, 1.54) is 77.7 Å². The number of hydrogen-bond acceptors (Lipinski definition) is 2. The second kappa shape index (κ2) is 9.29. The molecule has 0 bridgehead atoms. The van der Waals surface area contributed by atoms with Gasteiger partial charge in [0.2, 0.25) is 11.9 Å². The molecule has 9 aromatic rings. The Morgan fingerprint density at radius 3 is 2.23 bits per heavy atom. The van der Waals surface area contributed by atoms with Crippen LogP contribution in [0.3, 0.4) is 0 Å². The Morgan fingerprint density at radius 2 is 1.34 bits per heavy atom. The highest BCUT2D eigenvalue weighted by atomic mass is 16.5. The summed E-state index contributed by atoms with van der Waals surface area (Å²) in [5.74, 6) is 2.71. The van der Waals surface area contributed by atoms with E-state index in [2.05, 4.69) is 189 Å². The Labute approximate surface area is 305 Å². The van der Waals surface area contributed by atoms with E-state index in [0.717, 1.165) is 28.7 Å². The van der Waals surface area contributed by atoms with Crippen molar-refractivity contribution in [3.05, 3.63) is 174 Å². The summed E-state index contributed by atoms with van der Waals surface area (Å²) >= 11 is 0. The third-order valence-corrected chi connectivity index (χ3v) is 12.1. The van der Waals surface area contributed by atoms with Gasteiger partial charge in [0.25, 0.3) is 0 Å². The SMILES string of the molecule is Cc1cc(-c2ccccc2)cc(C)c1-c1cn2[n+](c1)C13c4c(cccc4-n4c5ccccc5c5ccc-2c1c54)N1c2ccccc2Oc2ccc[n+]3c21. The second-order valence-electron chi connectivity index (χ2n) is 14.8. The Hall–Kier alpha value is -6.92. The van der Waals surface area contributed by atoms with E-state index in [1.54, 1.807) is 0 Å². The van der Waals surface area contributed by atoms with Crippen LogP contribution in [0, 0.1) is 13.8 Å². The molecule has 7 heterocycles. The van der Waals surface area contributed by atoms with Crippen LogP contribution in [-0.4, -0.2) is 9.25 Å². The average Bonchev–Trinajstić information content (AvgIpc) is 3.85. The zero-order valence-corrected chi connectivity index (χ0v) is 29.1. The van der Waals surface area contributed by atoms with Crippen molar-refractivity contribution in [2.24, 2.45) is 0 Å². The van der Waals surface area contributed by atoms with Gasteiger partial charge in [-0.05, 0) is 96.3 Å². The monoisotopic (exact) mass is 681 g/mol. The van der Waals surface area contributed by atoms with Crippen molar-refractivity contribution < 1.29 is 14.0 Å². The molecule has 0 saturated carbocycles. The van der Waals surface area contributed by atoms with Crippen molar-refractivity contribution >= 4 is 39.0 Å². The molecule has 6 nitrogen and oxygen atoms in total. The number of benzene rings is 6. The van der Waals surface area contributed by atoms with Crippen LogP contribution < -0.4 is 18.9 Å². The normalized spacial score (nSPS) is 16.3. The standard InChI is InChI=1S/C47H31N5O/c1-28-24-31(30-12-4-3-5-13-30)25-29(2)42(28)32-26-49-37-22-21-34-33-14-6-7-15-35(33)51-38-17-10-18-39-43(38)47(50(49)27-32,44(37)45(34)51)48-23-11-20-41-46(48)52(39)36-16-8-9-19-40(36)53-41/h3-27H,1-2H3/q+2. The molecular weight excluding hydrogens is 651 g/mol. The number of aromatic nitrogens is 4. The van der Waals surface area contributed by atoms with E-state index in [4.69, 9.17) is 4.74 Å². The van der Waals surface area contributed by atoms with Crippen LogP contribution in [0.1, 0.15) is 22.3 Å². The molecule has 1 unspecified atom stereocenters. The van der Waals surface area contributed by atoms with Crippen molar-refractivity contribution in [3.63, 3.8) is 0 Å². The van der Waals surface area contributed by atoms with E-state index in [1.807, 2.05) is 0 Å². The number of fused-ring (bicyclic) bond motifs is 9. The lowest BCUT2D eigenvalue weighted by Crippen LogP contribution is -2.77. The zero-order chi connectivity index (χ0) is 34.7. The minimum atomic E-state index is -0.743. The number of anilines is 3. The van der Waals surface area contributed by atoms with E-state index in [9.17, 15) is 0 Å². The van der Waals surface area contributed by atoms with Gasteiger partial charge in [-0.3, -0.25) is 0 Å². The third-order valence-electron chi connectivity index (χ3n) is 12.1. The Balaban J connectivity index is 1.18. The summed E-state index contributed by atoms with van der Waals surface area (Å²) in [6.45, 7) is 4.50. The van der Waals surface area contributed by atoms with Gasteiger partial charge < -0.3 is 9.30 Å². The molecular formula is C47H31N5O+2. The molecule has 4 aliphatic heterocycles. The van der Waals surface area contributed by atoms with E-state index in [-0.39, 0.29) is 0 Å². The lowest BCUT2D eigenvalue weighted by molar-refractivity contribution is -0.991. The summed E-state index contributed by atoms with van der Waals surface area (Å²) in [7, 11) is 0. The molecule has 0 fully saturated rings. The first-order chi connectivity index (χ1) is 26.1. The molecule has 0 aliphatic carbocycles. The van der Waals surface area contributed by atoms with Crippen LogP contribution in [0.4, 0.5) is 17.2 Å². The number of rotatable bonds is 2. The van der Waals surface area contributed by atoms with Crippen molar-refractivity contribution in [3.8, 4) is 45.1 Å². The fourth-order valence-electron chi connectivity index (χ4n) is 10.2. The van der Waals surface area contributed by atoms with Crippen LogP contribution in [-0.2, 0) is 5.66 Å². The van der Waals surface area contributed by atoms with E-state index < -0.39 is 5.66 Å². The largest absolute Gasteiger partial charge is 0.444 e. The number of hydrogen-bond donors (Lipinski definition) is 0. The Bertz CT molecular complexity index is 3110. The number of pyridine rings is 1. The van der Waals surface area contributed by atoms with Crippen molar-refractivity contribution in [1.82, 2.24) is 9.25 Å². The summed E-state index contributed by atoms with van der Waals surface area (Å²) in [6.07, 6.45) is 7.00. The van der Waals surface area contributed by atoms with Gasteiger partial charge in [-0.2, -0.15) is 9.47 Å². The average molecular weight is 682 g/mol. The van der Waals surface area contributed by atoms with Crippen molar-refractivity contribution in [2.75, 3.05) is 4.90 Å². The van der Waals surface area contributed by atoms with Crippen LogP contribution in [0.25, 0.3) is 55.4 Å². The van der Waals surface area contributed by atoms with Crippen molar-refractivity contribution in [1.29, 1.82) is 0 Å². The minimum Gasteiger partial charge on any atom is -0.444 e. The zero-order valence-electron chi connectivity index (χ0n) is 29.1. The number of ether oxygens (including phenoxy) is 1. The maximum Gasteiger partial charge on any atom is 0.394 e. The van der Waals surface area contributed by atoms with Gasteiger partial charge in [0.05, 0.1) is 34.7 Å². The summed E-state index contributed by atoms with van der Waals surface area (Å²) < 4.78 is 16.6. The second-order valence-corrected chi connectivity index (χ2v) is 14.8. The summed E-state index contributed by atoms with van der Waals surface area (Å²) in [5, 5.41) is 2.52. The first-order valence-corrected chi connectivity index (χ1v) is 18.3. The summed E-state index contributed by atoms with van der Waals surface area (Å²) in [4.78, 5) is 2.42. The third kappa shape index (κ3) is 3.11. The molecule has 0 saturated heterocycles. The highest BCUT2D eigenvalue weighted by molar-refractivity contribution is 6.13. The first kappa shape index (κ1) is 27.8. The van der Waals surface area contributed by atoms with Gasteiger partial charge in [-0.1, -0.05) is 83.5 Å². The molecule has 4 aliphatic rings. The fourth-order valence-corrected chi connectivity index (χ4v) is 10.2. The maximum absolute atomic E-state index is 6.74. The molecule has 6 aromatic carbocycles. The molecule has 6 heteroatoms. The molecule has 1 atom stereocenters. The molecule has 248 valence electrons. The smallest absolute Gasteiger partial charge is 0.394 e. The lowest BCUT2D eigenvalue weighted by atomic mass is 9.82. The van der Waals surface area contributed by atoms with Crippen LogP contribution in [0.2, 0.25) is 0 Å². The number of para-hydroxylation sites is 3. The van der Waals surface area contributed by atoms with E-state index >= 15 is 0 Å². The lowest BCUT2D eigenvalue weighted by Gasteiger charge is -2.39. The number of nitrogens with zero attached hydrogens (tertiary/aromatic N) is 5. The highest BCUT2D eigenvalue weighted by Gasteiger charge is 2.70. The topological polar surface area (TPSA) is 30.1 Å². The van der Waals surface area contributed by atoms with Gasteiger partial charge in [0.15, 0.2) is 17.1 Å². The molecule has 53 heavy (non-hydrogen) atoms. The van der Waals surface area contributed by atoms with Gasteiger partial charge in [-0.15, -0.1) is 4.68 Å². The van der Waals surface area contributed by atoms with Gasteiger partial charge in [0.1, 0.15) is 16.8 Å².